The van der Waals surface area contributed by atoms with E-state index in [1.807, 2.05) is 25.1 Å². The molecule has 0 aliphatic carbocycles. The third kappa shape index (κ3) is 1.20. The van der Waals surface area contributed by atoms with Crippen molar-refractivity contribution in [2.45, 2.75) is 6.92 Å². The van der Waals surface area contributed by atoms with E-state index in [4.69, 9.17) is 0 Å². The Kier molecular flexibility index (Phi) is 1.81. The van der Waals surface area contributed by atoms with Gasteiger partial charge in [-0.15, -0.1) is 0 Å². The Balaban J connectivity index is 2.86. The Morgan fingerprint density at radius 2 is 2.17 bits per heavy atom. The van der Waals surface area contributed by atoms with Crippen molar-refractivity contribution in [1.82, 2.24) is 9.97 Å². The minimum Gasteiger partial charge on any atom is -0.252 e. The van der Waals surface area contributed by atoms with Gasteiger partial charge in [0.25, 0.3) is 0 Å². The van der Waals surface area contributed by atoms with Crippen LogP contribution < -0.4 is 0 Å². The van der Waals surface area contributed by atoms with Crippen LogP contribution in [0.4, 0.5) is 0 Å². The molecule has 0 radical (unpaired) electrons. The highest BCUT2D eigenvalue weighted by Crippen LogP contribution is 2.19. The molecule has 3 heteroatoms. The molecule has 1 aromatic carbocycles. The lowest BCUT2D eigenvalue weighted by atomic mass is 10.3. The summed E-state index contributed by atoms with van der Waals surface area (Å²) in [5, 5.41) is 0. The number of benzene rings is 1. The first-order valence-electron chi connectivity index (χ1n) is 3.65. The zero-order valence-electron chi connectivity index (χ0n) is 6.58. The van der Waals surface area contributed by atoms with Crippen molar-refractivity contribution in [1.29, 1.82) is 0 Å². The van der Waals surface area contributed by atoms with Gasteiger partial charge in [-0.25, -0.2) is 4.98 Å². The fourth-order valence-corrected chi connectivity index (χ4v) is 1.56. The summed E-state index contributed by atoms with van der Waals surface area (Å²) in [4.78, 5) is 8.61. The molecular weight excluding hydrogens is 216 g/mol. The van der Waals surface area contributed by atoms with Crippen LogP contribution in [-0.2, 0) is 0 Å². The molecule has 0 aliphatic rings. The molecule has 2 aromatic rings. The van der Waals surface area contributed by atoms with Crippen molar-refractivity contribution in [3.8, 4) is 0 Å². The Bertz CT molecular complexity index is 426. The molecule has 0 unspecified atom stereocenters. The maximum atomic E-state index is 4.34. The number of para-hydroxylation sites is 1. The van der Waals surface area contributed by atoms with Gasteiger partial charge in [-0.3, -0.25) is 4.98 Å². The van der Waals surface area contributed by atoms with Crippen molar-refractivity contribution in [3.05, 3.63) is 34.6 Å². The second-order valence-electron chi connectivity index (χ2n) is 2.62. The van der Waals surface area contributed by atoms with E-state index in [1.165, 1.54) is 0 Å². The van der Waals surface area contributed by atoms with Crippen molar-refractivity contribution in [3.63, 3.8) is 0 Å². The van der Waals surface area contributed by atoms with Gasteiger partial charge >= 0.3 is 0 Å². The second-order valence-corrected chi connectivity index (χ2v) is 3.47. The van der Waals surface area contributed by atoms with Crippen LogP contribution >= 0.6 is 15.9 Å². The molecule has 0 aliphatic heterocycles. The molecule has 0 saturated carbocycles. The highest BCUT2D eigenvalue weighted by molar-refractivity contribution is 9.10. The van der Waals surface area contributed by atoms with Crippen LogP contribution in [0.2, 0.25) is 0 Å². The van der Waals surface area contributed by atoms with E-state index in [2.05, 4.69) is 25.9 Å². The molecule has 0 bridgehead atoms. The third-order valence-electron chi connectivity index (χ3n) is 1.64. The predicted octanol–water partition coefficient (Wildman–Crippen LogP) is 2.70. The standard InChI is InChI=1S/C9H7BrN2/c1-6-5-11-9-7(10)3-2-4-8(9)12-6/h2-5H,1H3. The van der Waals surface area contributed by atoms with Gasteiger partial charge in [0.05, 0.1) is 11.2 Å². The van der Waals surface area contributed by atoms with E-state index >= 15 is 0 Å². The molecule has 2 rings (SSSR count). The number of aromatic nitrogens is 2. The summed E-state index contributed by atoms with van der Waals surface area (Å²) < 4.78 is 0.993. The number of hydrogen-bond donors (Lipinski definition) is 0. The summed E-state index contributed by atoms with van der Waals surface area (Å²) in [7, 11) is 0. The smallest absolute Gasteiger partial charge is 0.103 e. The Morgan fingerprint density at radius 1 is 1.33 bits per heavy atom. The topological polar surface area (TPSA) is 25.8 Å². The van der Waals surface area contributed by atoms with E-state index in [0.29, 0.717) is 0 Å². The Morgan fingerprint density at radius 3 is 3.00 bits per heavy atom. The average Bonchev–Trinajstić information content (AvgIpc) is 2.04. The molecular formula is C9H7BrN2. The molecule has 0 saturated heterocycles. The third-order valence-corrected chi connectivity index (χ3v) is 2.28. The Hall–Kier alpha value is -0.960. The molecule has 0 amide bonds. The number of halogens is 1. The van der Waals surface area contributed by atoms with Gasteiger partial charge in [0.1, 0.15) is 5.52 Å². The maximum absolute atomic E-state index is 4.34. The van der Waals surface area contributed by atoms with Gasteiger partial charge in [0, 0.05) is 10.7 Å². The average molecular weight is 223 g/mol. The van der Waals surface area contributed by atoms with Gasteiger partial charge < -0.3 is 0 Å². The first-order valence-corrected chi connectivity index (χ1v) is 4.44. The molecule has 0 fully saturated rings. The summed E-state index contributed by atoms with van der Waals surface area (Å²) in [6.45, 7) is 1.94. The summed E-state index contributed by atoms with van der Waals surface area (Å²) in [5.74, 6) is 0. The minimum atomic E-state index is 0.920. The van der Waals surface area contributed by atoms with Crippen LogP contribution in [0, 0.1) is 6.92 Å². The van der Waals surface area contributed by atoms with E-state index in [1.54, 1.807) is 6.20 Å². The predicted molar refractivity (Wildman–Crippen MR) is 52.0 cm³/mol. The van der Waals surface area contributed by atoms with E-state index in [9.17, 15) is 0 Å². The lowest BCUT2D eigenvalue weighted by Gasteiger charge is -1.98. The summed E-state index contributed by atoms with van der Waals surface area (Å²) >= 11 is 3.42. The van der Waals surface area contributed by atoms with Crippen LogP contribution in [0.3, 0.4) is 0 Å². The number of rotatable bonds is 0. The first-order chi connectivity index (χ1) is 5.77. The highest BCUT2D eigenvalue weighted by Gasteiger charge is 1.99. The largest absolute Gasteiger partial charge is 0.252 e. The quantitative estimate of drug-likeness (QED) is 0.686. The number of aryl methyl sites for hydroxylation is 1. The van der Waals surface area contributed by atoms with E-state index in [0.717, 1.165) is 21.2 Å². The van der Waals surface area contributed by atoms with Crippen molar-refractivity contribution in [2.75, 3.05) is 0 Å². The summed E-state index contributed by atoms with van der Waals surface area (Å²) in [6.07, 6.45) is 1.77. The molecule has 12 heavy (non-hydrogen) atoms. The highest BCUT2D eigenvalue weighted by atomic mass is 79.9. The van der Waals surface area contributed by atoms with Gasteiger partial charge in [-0.2, -0.15) is 0 Å². The van der Waals surface area contributed by atoms with E-state index < -0.39 is 0 Å². The number of nitrogens with zero attached hydrogens (tertiary/aromatic N) is 2. The second kappa shape index (κ2) is 2.83. The molecule has 0 spiro atoms. The van der Waals surface area contributed by atoms with Gasteiger partial charge in [-0.05, 0) is 35.0 Å². The van der Waals surface area contributed by atoms with Crippen LogP contribution in [-0.4, -0.2) is 9.97 Å². The summed E-state index contributed by atoms with van der Waals surface area (Å²) in [6, 6.07) is 5.88. The van der Waals surface area contributed by atoms with Crippen molar-refractivity contribution in [2.24, 2.45) is 0 Å². The lowest BCUT2D eigenvalue weighted by molar-refractivity contribution is 1.18. The van der Waals surface area contributed by atoms with Gasteiger partial charge in [0.15, 0.2) is 0 Å². The van der Waals surface area contributed by atoms with Crippen LogP contribution in [0.5, 0.6) is 0 Å². The fraction of sp³-hybridized carbons (Fsp3) is 0.111. The van der Waals surface area contributed by atoms with Crippen molar-refractivity contribution < 1.29 is 0 Å². The first kappa shape index (κ1) is 7.68. The van der Waals surface area contributed by atoms with Gasteiger partial charge in [-0.1, -0.05) is 6.07 Å². The fourth-order valence-electron chi connectivity index (χ4n) is 1.10. The lowest BCUT2D eigenvalue weighted by Crippen LogP contribution is -1.86. The van der Waals surface area contributed by atoms with Crippen LogP contribution in [0.15, 0.2) is 28.9 Å². The maximum Gasteiger partial charge on any atom is 0.103 e. The van der Waals surface area contributed by atoms with Gasteiger partial charge in [0.2, 0.25) is 0 Å². The molecule has 60 valence electrons. The van der Waals surface area contributed by atoms with Crippen LogP contribution in [0.1, 0.15) is 5.69 Å². The number of fused-ring (bicyclic) bond motifs is 1. The normalized spacial score (nSPS) is 10.5. The number of hydrogen-bond acceptors (Lipinski definition) is 2. The monoisotopic (exact) mass is 222 g/mol. The van der Waals surface area contributed by atoms with Crippen molar-refractivity contribution >= 4 is 27.0 Å². The Labute approximate surface area is 78.8 Å². The zero-order valence-corrected chi connectivity index (χ0v) is 8.17. The summed E-state index contributed by atoms with van der Waals surface area (Å²) in [5.41, 5.74) is 2.80. The minimum absolute atomic E-state index is 0.920. The molecule has 1 aromatic heterocycles. The molecule has 0 N–H and O–H groups in total. The molecule has 1 heterocycles. The van der Waals surface area contributed by atoms with E-state index in [-0.39, 0.29) is 0 Å². The molecule has 0 atom stereocenters. The SMILES string of the molecule is Cc1cnc2c(Br)cccc2n1. The molecule has 2 nitrogen and oxygen atoms in total. The zero-order chi connectivity index (χ0) is 8.55. The van der Waals surface area contributed by atoms with Crippen LogP contribution in [0.25, 0.3) is 11.0 Å².